The van der Waals surface area contributed by atoms with Gasteiger partial charge in [-0.15, -0.1) is 0 Å². The van der Waals surface area contributed by atoms with Crippen molar-refractivity contribution in [2.45, 2.75) is 13.0 Å². The Balaban J connectivity index is 1.80. The maximum atomic E-state index is 14.0. The highest BCUT2D eigenvalue weighted by Gasteiger charge is 2.44. The maximum Gasteiger partial charge on any atom is 0.295 e. The van der Waals surface area contributed by atoms with Crippen LogP contribution in [0.2, 0.25) is 0 Å². The second-order valence-electron chi connectivity index (χ2n) is 7.75. The number of rotatable bonds is 5. The summed E-state index contributed by atoms with van der Waals surface area (Å²) in [7, 11) is 1.51. The fourth-order valence-electron chi connectivity index (χ4n) is 4.26. The minimum absolute atomic E-state index is 0.0350. The number of hydrogen-bond donors (Lipinski definition) is 1. The van der Waals surface area contributed by atoms with Crippen LogP contribution >= 0.6 is 0 Å². The molecule has 1 aliphatic rings. The number of phenols is 1. The molecule has 4 aromatic rings. The van der Waals surface area contributed by atoms with E-state index < -0.39 is 23.2 Å². The van der Waals surface area contributed by atoms with Crippen LogP contribution in [0.4, 0.5) is 10.1 Å². The van der Waals surface area contributed by atoms with Gasteiger partial charge in [0.1, 0.15) is 17.1 Å². The van der Waals surface area contributed by atoms with E-state index in [0.717, 1.165) is 6.07 Å². The van der Waals surface area contributed by atoms with Gasteiger partial charge >= 0.3 is 0 Å². The van der Waals surface area contributed by atoms with Gasteiger partial charge in [0, 0.05) is 11.8 Å². The summed E-state index contributed by atoms with van der Waals surface area (Å²) in [6.07, 6.45) is 0. The van der Waals surface area contributed by atoms with Gasteiger partial charge in [-0.25, -0.2) is 4.39 Å². The molecule has 7 nitrogen and oxygen atoms in total. The average Bonchev–Trinajstić information content (AvgIpc) is 3.13. The fraction of sp³-hybridized carbons (Fsp3) is 0.154. The quantitative estimate of drug-likeness (QED) is 0.460. The Morgan fingerprint density at radius 2 is 1.91 bits per heavy atom. The molecular weight excluding hydrogens is 441 g/mol. The molecule has 0 spiro atoms. The molecule has 8 heteroatoms. The number of ether oxygens (including phenoxy) is 2. The molecule has 172 valence electrons. The molecule has 0 fully saturated rings. The van der Waals surface area contributed by atoms with Gasteiger partial charge < -0.3 is 19.0 Å². The molecule has 1 amide bonds. The fourth-order valence-corrected chi connectivity index (χ4v) is 4.26. The lowest BCUT2D eigenvalue weighted by atomic mass is 9.97. The standard InChI is InChI=1S/C26H20FNO6/c1-3-33-21-11-14(7-9-19(21)29)23-22-24(30)18-12-15(27)8-10-20(18)34-25(22)26(31)28(23)16-5-4-6-17(13-16)32-2/h4-13,23,29H,3H2,1-2H3. The number of anilines is 1. The van der Waals surface area contributed by atoms with Crippen LogP contribution in [0.25, 0.3) is 11.0 Å². The summed E-state index contributed by atoms with van der Waals surface area (Å²) < 4.78 is 30.6. The number of amides is 1. The van der Waals surface area contributed by atoms with Gasteiger partial charge in [0.25, 0.3) is 5.91 Å². The van der Waals surface area contributed by atoms with Gasteiger partial charge in [-0.3, -0.25) is 14.5 Å². The zero-order valence-electron chi connectivity index (χ0n) is 18.4. The molecule has 1 atom stereocenters. The van der Waals surface area contributed by atoms with E-state index in [2.05, 4.69) is 0 Å². The van der Waals surface area contributed by atoms with Gasteiger partial charge in [0.2, 0.25) is 5.76 Å². The molecule has 0 aliphatic carbocycles. The Morgan fingerprint density at radius 3 is 2.68 bits per heavy atom. The SMILES string of the molecule is CCOc1cc(C2c3c(oc4ccc(F)cc4c3=O)C(=O)N2c2cccc(OC)c2)ccc1O. The van der Waals surface area contributed by atoms with Crippen molar-refractivity contribution in [3.63, 3.8) is 0 Å². The number of carbonyl (C=O) groups excluding carboxylic acids is 1. The normalized spacial score (nSPS) is 15.0. The highest BCUT2D eigenvalue weighted by atomic mass is 19.1. The molecule has 5 rings (SSSR count). The molecule has 1 N–H and O–H groups in total. The van der Waals surface area contributed by atoms with Crippen molar-refractivity contribution in [1.29, 1.82) is 0 Å². The van der Waals surface area contributed by atoms with E-state index in [0.29, 0.717) is 23.6 Å². The zero-order chi connectivity index (χ0) is 24.0. The van der Waals surface area contributed by atoms with Crippen molar-refractivity contribution in [2.75, 3.05) is 18.6 Å². The van der Waals surface area contributed by atoms with Crippen LogP contribution in [0.5, 0.6) is 17.2 Å². The Morgan fingerprint density at radius 1 is 1.09 bits per heavy atom. The summed E-state index contributed by atoms with van der Waals surface area (Å²) in [4.78, 5) is 28.6. The van der Waals surface area contributed by atoms with E-state index in [4.69, 9.17) is 13.9 Å². The number of carbonyl (C=O) groups is 1. The number of benzene rings is 3. The highest BCUT2D eigenvalue weighted by Crippen LogP contribution is 2.43. The number of hydrogen-bond acceptors (Lipinski definition) is 6. The Hall–Kier alpha value is -4.33. The number of phenolic OH excluding ortho intramolecular Hbond substituents is 1. The Kier molecular flexibility index (Phi) is 5.20. The minimum atomic E-state index is -0.904. The van der Waals surface area contributed by atoms with E-state index >= 15 is 0 Å². The van der Waals surface area contributed by atoms with Crippen LogP contribution in [0.3, 0.4) is 0 Å². The summed E-state index contributed by atoms with van der Waals surface area (Å²) in [5.41, 5.74) is 0.677. The van der Waals surface area contributed by atoms with Gasteiger partial charge in [-0.2, -0.15) is 0 Å². The van der Waals surface area contributed by atoms with Crippen molar-refractivity contribution < 1.29 is 28.2 Å². The number of aromatic hydroxyl groups is 1. The second-order valence-corrected chi connectivity index (χ2v) is 7.75. The third-order valence-electron chi connectivity index (χ3n) is 5.76. The first-order valence-electron chi connectivity index (χ1n) is 10.6. The summed E-state index contributed by atoms with van der Waals surface area (Å²) in [6, 6.07) is 14.2. The predicted octanol–water partition coefficient (Wildman–Crippen LogP) is 4.79. The molecule has 1 aliphatic heterocycles. The minimum Gasteiger partial charge on any atom is -0.504 e. The summed E-state index contributed by atoms with van der Waals surface area (Å²) in [5, 5.41) is 10.2. The molecule has 0 bridgehead atoms. The van der Waals surface area contributed by atoms with Crippen molar-refractivity contribution in [2.24, 2.45) is 0 Å². The van der Waals surface area contributed by atoms with Gasteiger partial charge in [0.05, 0.1) is 30.7 Å². The first-order chi connectivity index (χ1) is 16.4. The van der Waals surface area contributed by atoms with Crippen molar-refractivity contribution in [1.82, 2.24) is 0 Å². The molecule has 2 heterocycles. The summed E-state index contributed by atoms with van der Waals surface area (Å²) in [6.45, 7) is 2.08. The zero-order valence-corrected chi connectivity index (χ0v) is 18.4. The second kappa shape index (κ2) is 8.22. The van der Waals surface area contributed by atoms with E-state index in [1.54, 1.807) is 43.3 Å². The molecule has 0 saturated heterocycles. The lowest BCUT2D eigenvalue weighted by Crippen LogP contribution is -2.29. The smallest absolute Gasteiger partial charge is 0.295 e. The average molecular weight is 461 g/mol. The van der Waals surface area contributed by atoms with Crippen LogP contribution in [0, 0.1) is 5.82 Å². The number of halogens is 1. The van der Waals surface area contributed by atoms with E-state index in [1.807, 2.05) is 0 Å². The van der Waals surface area contributed by atoms with E-state index in [9.17, 15) is 19.1 Å². The number of nitrogens with zero attached hydrogens (tertiary/aromatic N) is 1. The first kappa shape index (κ1) is 21.5. The van der Waals surface area contributed by atoms with Crippen molar-refractivity contribution in [3.8, 4) is 17.2 Å². The van der Waals surface area contributed by atoms with Crippen LogP contribution in [0.1, 0.15) is 34.6 Å². The lowest BCUT2D eigenvalue weighted by molar-refractivity contribution is 0.0971. The maximum absolute atomic E-state index is 14.0. The van der Waals surface area contributed by atoms with Crippen LogP contribution in [0.15, 0.2) is 69.9 Å². The molecule has 0 radical (unpaired) electrons. The highest BCUT2D eigenvalue weighted by molar-refractivity contribution is 6.10. The van der Waals surface area contributed by atoms with Crippen LogP contribution < -0.4 is 19.8 Å². The topological polar surface area (TPSA) is 89.2 Å². The number of fused-ring (bicyclic) bond motifs is 2. The molecule has 3 aromatic carbocycles. The lowest BCUT2D eigenvalue weighted by Gasteiger charge is -2.26. The van der Waals surface area contributed by atoms with E-state index in [1.165, 1.54) is 30.2 Å². The monoisotopic (exact) mass is 461 g/mol. The van der Waals surface area contributed by atoms with Crippen molar-refractivity contribution in [3.05, 3.63) is 93.6 Å². The van der Waals surface area contributed by atoms with Crippen molar-refractivity contribution >= 4 is 22.6 Å². The van der Waals surface area contributed by atoms with Crippen LogP contribution in [-0.4, -0.2) is 24.7 Å². The van der Waals surface area contributed by atoms with E-state index in [-0.39, 0.29) is 33.8 Å². The predicted molar refractivity (Wildman–Crippen MR) is 123 cm³/mol. The molecule has 1 unspecified atom stereocenters. The van der Waals surface area contributed by atoms with Crippen LogP contribution in [-0.2, 0) is 0 Å². The Labute approximate surface area is 193 Å². The molecule has 0 saturated carbocycles. The first-order valence-corrected chi connectivity index (χ1v) is 10.6. The largest absolute Gasteiger partial charge is 0.504 e. The Bertz CT molecular complexity index is 1490. The number of methoxy groups -OCH3 is 1. The van der Waals surface area contributed by atoms with Gasteiger partial charge in [-0.1, -0.05) is 12.1 Å². The summed E-state index contributed by atoms with van der Waals surface area (Å²) >= 11 is 0. The third-order valence-corrected chi connectivity index (χ3v) is 5.76. The van der Waals surface area contributed by atoms with Gasteiger partial charge in [-0.05, 0) is 55.0 Å². The molecule has 34 heavy (non-hydrogen) atoms. The molecular formula is C26H20FNO6. The van der Waals surface area contributed by atoms with Gasteiger partial charge in [0.15, 0.2) is 16.9 Å². The molecule has 1 aromatic heterocycles. The third kappa shape index (κ3) is 3.35. The summed E-state index contributed by atoms with van der Waals surface area (Å²) in [5.74, 6) is -0.579.